The molecule has 4 heteroatoms. The number of hydrogen-bond acceptors (Lipinski definition) is 3. The molecule has 0 fully saturated rings. The van der Waals surface area contributed by atoms with Gasteiger partial charge in [-0.3, -0.25) is 4.18 Å². The maximum absolute atomic E-state index is 12.0. The lowest BCUT2D eigenvalue weighted by Crippen LogP contribution is -2.07. The molecule has 0 bridgehead atoms. The van der Waals surface area contributed by atoms with Crippen LogP contribution in [-0.4, -0.2) is 15.0 Å². The Hall–Kier alpha value is -1.13. The predicted molar refractivity (Wildman–Crippen MR) is 96.1 cm³/mol. The summed E-state index contributed by atoms with van der Waals surface area (Å²) in [4.78, 5) is 0.236. The molecule has 0 saturated heterocycles. The first kappa shape index (κ1) is 19.9. The second kappa shape index (κ2) is 11.4. The molecule has 0 N–H and O–H groups in total. The Morgan fingerprint density at radius 3 is 2.17 bits per heavy atom. The first-order chi connectivity index (χ1) is 11.1. The number of unbranched alkanes of at least 4 members (excludes halogenated alkanes) is 6. The van der Waals surface area contributed by atoms with Crippen LogP contribution < -0.4 is 0 Å². The van der Waals surface area contributed by atoms with Gasteiger partial charge < -0.3 is 0 Å². The van der Waals surface area contributed by atoms with Crippen molar-refractivity contribution >= 4 is 10.1 Å². The van der Waals surface area contributed by atoms with E-state index in [0.717, 1.165) is 37.7 Å². The van der Waals surface area contributed by atoms with E-state index in [0.29, 0.717) is 0 Å². The Morgan fingerprint density at radius 2 is 1.52 bits per heavy atom. The third kappa shape index (κ3) is 8.92. The molecule has 130 valence electrons. The van der Waals surface area contributed by atoms with Crippen LogP contribution in [0, 0.1) is 6.92 Å². The van der Waals surface area contributed by atoms with E-state index in [2.05, 4.69) is 19.1 Å². The van der Waals surface area contributed by atoms with Crippen LogP contribution in [0.25, 0.3) is 0 Å². The summed E-state index contributed by atoms with van der Waals surface area (Å²) in [5.41, 5.74) is 1.03. The minimum Gasteiger partial charge on any atom is -0.266 e. The molecule has 0 spiro atoms. The predicted octanol–water partition coefficient (Wildman–Crippen LogP) is 5.40. The second-order valence-electron chi connectivity index (χ2n) is 5.91. The van der Waals surface area contributed by atoms with E-state index in [1.165, 1.54) is 19.3 Å². The van der Waals surface area contributed by atoms with Gasteiger partial charge in [-0.1, -0.05) is 62.5 Å². The Kier molecular flexibility index (Phi) is 9.88. The Morgan fingerprint density at radius 1 is 0.913 bits per heavy atom. The average Bonchev–Trinajstić information content (AvgIpc) is 2.53. The quantitative estimate of drug-likeness (QED) is 0.291. The summed E-state index contributed by atoms with van der Waals surface area (Å²) < 4.78 is 29.0. The highest BCUT2D eigenvalue weighted by Crippen LogP contribution is 2.14. The molecule has 0 aliphatic heterocycles. The first-order valence-corrected chi connectivity index (χ1v) is 10.1. The number of hydrogen-bond donors (Lipinski definition) is 0. The summed E-state index contributed by atoms with van der Waals surface area (Å²) in [6, 6.07) is 6.75. The van der Waals surface area contributed by atoms with Gasteiger partial charge in [0.2, 0.25) is 0 Å². The molecular weight excluding hydrogens is 308 g/mol. The molecular formula is C19H30O3S. The fraction of sp³-hybridized carbons (Fsp3) is 0.579. The second-order valence-corrected chi connectivity index (χ2v) is 7.52. The summed E-state index contributed by atoms with van der Waals surface area (Å²) in [6.07, 6.45) is 13.4. The lowest BCUT2D eigenvalue weighted by molar-refractivity contribution is 0.306. The molecule has 0 atom stereocenters. The van der Waals surface area contributed by atoms with Crippen molar-refractivity contribution in [1.29, 1.82) is 0 Å². The lowest BCUT2D eigenvalue weighted by Gasteiger charge is -2.06. The highest BCUT2D eigenvalue weighted by Gasteiger charge is 2.13. The van der Waals surface area contributed by atoms with E-state index in [4.69, 9.17) is 4.18 Å². The zero-order valence-corrected chi connectivity index (χ0v) is 15.3. The molecule has 1 aromatic carbocycles. The SMILES string of the molecule is CCCCC=CCCCCCCOS(=O)(=O)c1ccc(C)cc1. The van der Waals surface area contributed by atoms with Crippen LogP contribution in [-0.2, 0) is 14.3 Å². The van der Waals surface area contributed by atoms with Crippen molar-refractivity contribution in [2.75, 3.05) is 6.61 Å². The van der Waals surface area contributed by atoms with Crippen molar-refractivity contribution < 1.29 is 12.6 Å². The maximum Gasteiger partial charge on any atom is 0.296 e. The van der Waals surface area contributed by atoms with E-state index in [9.17, 15) is 8.42 Å². The van der Waals surface area contributed by atoms with Gasteiger partial charge in [-0.15, -0.1) is 0 Å². The summed E-state index contributed by atoms with van der Waals surface area (Å²) in [5, 5.41) is 0. The normalized spacial score (nSPS) is 12.1. The highest BCUT2D eigenvalue weighted by molar-refractivity contribution is 7.86. The minimum atomic E-state index is -3.60. The fourth-order valence-electron chi connectivity index (χ4n) is 2.22. The zero-order chi connectivity index (χ0) is 17.0. The summed E-state index contributed by atoms with van der Waals surface area (Å²) >= 11 is 0. The molecule has 0 aliphatic rings. The number of allylic oxidation sites excluding steroid dienone is 2. The standard InChI is InChI=1S/C19H30O3S/c1-3-4-5-6-7-8-9-10-11-12-17-22-23(20,21)19-15-13-18(2)14-16-19/h6-7,13-16H,3-5,8-12,17H2,1-2H3. The van der Waals surface area contributed by atoms with E-state index >= 15 is 0 Å². The topological polar surface area (TPSA) is 43.4 Å². The third-order valence-electron chi connectivity index (χ3n) is 3.70. The monoisotopic (exact) mass is 338 g/mol. The molecule has 1 aromatic rings. The van der Waals surface area contributed by atoms with Gasteiger partial charge in [0, 0.05) is 0 Å². The third-order valence-corrected chi connectivity index (χ3v) is 5.03. The van der Waals surface area contributed by atoms with Gasteiger partial charge in [0.1, 0.15) is 0 Å². The van der Waals surface area contributed by atoms with Crippen LogP contribution in [0.15, 0.2) is 41.3 Å². The van der Waals surface area contributed by atoms with Crippen LogP contribution in [0.1, 0.15) is 63.9 Å². The maximum atomic E-state index is 12.0. The molecule has 0 aliphatic carbocycles. The van der Waals surface area contributed by atoms with Gasteiger partial charge in [-0.25, -0.2) is 0 Å². The fourth-order valence-corrected chi connectivity index (χ4v) is 3.16. The van der Waals surface area contributed by atoms with Crippen molar-refractivity contribution in [2.24, 2.45) is 0 Å². The molecule has 0 aromatic heterocycles. The number of aryl methyl sites for hydroxylation is 1. The van der Waals surface area contributed by atoms with Crippen LogP contribution in [0.2, 0.25) is 0 Å². The Balaban J connectivity index is 2.10. The lowest BCUT2D eigenvalue weighted by atomic mass is 10.1. The summed E-state index contributed by atoms with van der Waals surface area (Å²) in [5.74, 6) is 0. The summed E-state index contributed by atoms with van der Waals surface area (Å²) in [7, 11) is -3.60. The Labute approximate surface area is 141 Å². The van der Waals surface area contributed by atoms with Gasteiger partial charge in [0.05, 0.1) is 11.5 Å². The van der Waals surface area contributed by atoms with E-state index in [1.807, 2.05) is 6.92 Å². The van der Waals surface area contributed by atoms with E-state index in [1.54, 1.807) is 24.3 Å². The molecule has 0 unspecified atom stereocenters. The van der Waals surface area contributed by atoms with Crippen molar-refractivity contribution in [3.8, 4) is 0 Å². The van der Waals surface area contributed by atoms with Crippen molar-refractivity contribution in [1.82, 2.24) is 0 Å². The number of rotatable bonds is 12. The largest absolute Gasteiger partial charge is 0.296 e. The highest BCUT2D eigenvalue weighted by atomic mass is 32.2. The van der Waals surface area contributed by atoms with Crippen LogP contribution >= 0.6 is 0 Å². The van der Waals surface area contributed by atoms with E-state index in [-0.39, 0.29) is 11.5 Å². The van der Waals surface area contributed by atoms with Crippen molar-refractivity contribution in [2.45, 2.75) is 70.1 Å². The molecule has 0 saturated carbocycles. The summed E-state index contributed by atoms with van der Waals surface area (Å²) in [6.45, 7) is 4.40. The van der Waals surface area contributed by atoms with Gasteiger partial charge in [0.15, 0.2) is 0 Å². The van der Waals surface area contributed by atoms with Crippen LogP contribution in [0.4, 0.5) is 0 Å². The average molecular weight is 339 g/mol. The van der Waals surface area contributed by atoms with Gasteiger partial charge in [-0.05, 0) is 44.7 Å². The van der Waals surface area contributed by atoms with Gasteiger partial charge in [-0.2, -0.15) is 8.42 Å². The van der Waals surface area contributed by atoms with Crippen molar-refractivity contribution in [3.63, 3.8) is 0 Å². The molecule has 0 amide bonds. The van der Waals surface area contributed by atoms with Crippen molar-refractivity contribution in [3.05, 3.63) is 42.0 Å². The van der Waals surface area contributed by atoms with E-state index < -0.39 is 10.1 Å². The van der Waals surface area contributed by atoms with Crippen LogP contribution in [0.5, 0.6) is 0 Å². The zero-order valence-electron chi connectivity index (χ0n) is 14.5. The minimum absolute atomic E-state index is 0.236. The molecule has 0 radical (unpaired) electrons. The molecule has 0 heterocycles. The van der Waals surface area contributed by atoms with Crippen LogP contribution in [0.3, 0.4) is 0 Å². The Bertz CT molecular complexity index is 544. The smallest absolute Gasteiger partial charge is 0.266 e. The van der Waals surface area contributed by atoms with Gasteiger partial charge in [0.25, 0.3) is 10.1 Å². The number of benzene rings is 1. The molecule has 3 nitrogen and oxygen atoms in total. The first-order valence-electron chi connectivity index (χ1n) is 8.67. The van der Waals surface area contributed by atoms with Gasteiger partial charge >= 0.3 is 0 Å². The molecule has 1 rings (SSSR count). The molecule has 23 heavy (non-hydrogen) atoms.